The van der Waals surface area contributed by atoms with E-state index in [-0.39, 0.29) is 18.0 Å². The van der Waals surface area contributed by atoms with Crippen molar-refractivity contribution >= 4 is 29.3 Å². The summed E-state index contributed by atoms with van der Waals surface area (Å²) in [5.74, 6) is -0.676. The van der Waals surface area contributed by atoms with Crippen molar-refractivity contribution in [3.63, 3.8) is 0 Å². The van der Waals surface area contributed by atoms with E-state index in [0.29, 0.717) is 11.6 Å². The third kappa shape index (κ3) is 3.63. The summed E-state index contributed by atoms with van der Waals surface area (Å²) in [5, 5.41) is 19.6. The molecule has 0 saturated carbocycles. The van der Waals surface area contributed by atoms with Crippen LogP contribution in [0.3, 0.4) is 0 Å². The molecule has 0 aliphatic carbocycles. The van der Waals surface area contributed by atoms with Crippen molar-refractivity contribution in [2.75, 3.05) is 18.2 Å². The smallest absolute Gasteiger partial charge is 0.327 e. The fourth-order valence-corrected chi connectivity index (χ4v) is 2.98. The van der Waals surface area contributed by atoms with E-state index in [1.807, 2.05) is 0 Å². The Labute approximate surface area is 123 Å². The Morgan fingerprint density at radius 3 is 2.95 bits per heavy atom. The molecule has 0 spiro atoms. The summed E-state index contributed by atoms with van der Waals surface area (Å²) in [4.78, 5) is 34.2. The van der Waals surface area contributed by atoms with Gasteiger partial charge in [-0.1, -0.05) is 6.07 Å². The van der Waals surface area contributed by atoms with E-state index in [0.717, 1.165) is 0 Å². The quantitative estimate of drug-likeness (QED) is 0.637. The molecule has 1 heterocycles. The Balaban J connectivity index is 1.96. The van der Waals surface area contributed by atoms with Crippen molar-refractivity contribution in [1.82, 2.24) is 4.90 Å². The van der Waals surface area contributed by atoms with Gasteiger partial charge in [0.2, 0.25) is 0 Å². The Bertz CT molecular complexity index is 579. The van der Waals surface area contributed by atoms with Crippen molar-refractivity contribution in [2.45, 2.75) is 6.04 Å². The van der Waals surface area contributed by atoms with Gasteiger partial charge in [-0.05, 0) is 6.07 Å². The summed E-state index contributed by atoms with van der Waals surface area (Å²) in [6.45, 7) is -0.356. The standard InChI is InChI=1S/C12H12N2O6S/c15-11(13-7-21-6-10(13)12(16)17)5-20-9-3-1-2-8(4-9)14(18)19/h1-4,10H,5-7H2,(H,16,17)/t10-/m0/s1. The maximum Gasteiger partial charge on any atom is 0.327 e. The van der Waals surface area contributed by atoms with Crippen LogP contribution in [0, 0.1) is 10.1 Å². The first kappa shape index (κ1) is 15.1. The fraction of sp³-hybridized carbons (Fsp3) is 0.333. The molecule has 1 saturated heterocycles. The summed E-state index contributed by atoms with van der Waals surface area (Å²) in [5.41, 5.74) is -0.139. The van der Waals surface area contributed by atoms with Gasteiger partial charge in [0, 0.05) is 11.8 Å². The SMILES string of the molecule is O=C(O)[C@@H]1CSCN1C(=O)COc1cccc([N+](=O)[O-])c1. The number of carbonyl (C=O) groups excluding carboxylic acids is 1. The number of hydrogen-bond donors (Lipinski definition) is 1. The van der Waals surface area contributed by atoms with Crippen LogP contribution in [-0.2, 0) is 9.59 Å². The molecule has 1 amide bonds. The van der Waals surface area contributed by atoms with Crippen LogP contribution in [0.5, 0.6) is 5.75 Å². The van der Waals surface area contributed by atoms with Crippen molar-refractivity contribution < 1.29 is 24.4 Å². The number of amides is 1. The van der Waals surface area contributed by atoms with E-state index in [1.54, 1.807) is 0 Å². The number of nitro benzene ring substituents is 1. The van der Waals surface area contributed by atoms with Gasteiger partial charge in [-0.25, -0.2) is 4.79 Å². The number of hydrogen-bond acceptors (Lipinski definition) is 6. The highest BCUT2D eigenvalue weighted by molar-refractivity contribution is 7.99. The Morgan fingerprint density at radius 2 is 2.29 bits per heavy atom. The molecular weight excluding hydrogens is 300 g/mol. The molecule has 1 aliphatic rings. The van der Waals surface area contributed by atoms with Gasteiger partial charge in [-0.2, -0.15) is 0 Å². The molecule has 1 fully saturated rings. The van der Waals surface area contributed by atoms with Gasteiger partial charge >= 0.3 is 5.97 Å². The number of non-ortho nitro benzene ring substituents is 1. The monoisotopic (exact) mass is 312 g/mol. The second-order valence-corrected chi connectivity index (χ2v) is 5.26. The molecule has 1 aromatic carbocycles. The molecule has 1 aromatic rings. The molecule has 0 bridgehead atoms. The van der Waals surface area contributed by atoms with Crippen molar-refractivity contribution in [1.29, 1.82) is 0 Å². The summed E-state index contributed by atoms with van der Waals surface area (Å²) in [6, 6.07) is 4.61. The van der Waals surface area contributed by atoms with E-state index >= 15 is 0 Å². The van der Waals surface area contributed by atoms with Crippen LogP contribution in [0.25, 0.3) is 0 Å². The molecule has 1 N–H and O–H groups in total. The predicted molar refractivity (Wildman–Crippen MR) is 74.2 cm³/mol. The third-order valence-corrected chi connectivity index (χ3v) is 3.89. The second-order valence-electron chi connectivity index (χ2n) is 4.26. The summed E-state index contributed by atoms with van der Waals surface area (Å²) >= 11 is 1.35. The molecular formula is C12H12N2O6S. The summed E-state index contributed by atoms with van der Waals surface area (Å²) in [7, 11) is 0. The minimum atomic E-state index is -1.05. The Kier molecular flexibility index (Phi) is 4.63. The molecule has 0 aromatic heterocycles. The number of ether oxygens (including phenoxy) is 1. The zero-order chi connectivity index (χ0) is 15.4. The van der Waals surface area contributed by atoms with E-state index in [1.165, 1.54) is 40.9 Å². The number of rotatable bonds is 5. The minimum Gasteiger partial charge on any atom is -0.484 e. The summed E-state index contributed by atoms with van der Waals surface area (Å²) < 4.78 is 5.20. The average Bonchev–Trinajstić information content (AvgIpc) is 2.94. The number of thioether (sulfide) groups is 1. The maximum atomic E-state index is 11.9. The number of carboxylic acid groups (broad SMARTS) is 1. The molecule has 21 heavy (non-hydrogen) atoms. The molecule has 9 heteroatoms. The average molecular weight is 312 g/mol. The highest BCUT2D eigenvalue weighted by Crippen LogP contribution is 2.22. The van der Waals surface area contributed by atoms with Gasteiger partial charge in [-0.15, -0.1) is 11.8 Å². The van der Waals surface area contributed by atoms with Crippen molar-refractivity contribution in [3.05, 3.63) is 34.4 Å². The number of carbonyl (C=O) groups is 2. The van der Waals surface area contributed by atoms with Crippen LogP contribution < -0.4 is 4.74 Å². The minimum absolute atomic E-state index is 0.139. The lowest BCUT2D eigenvalue weighted by Gasteiger charge is -2.20. The van der Waals surface area contributed by atoms with E-state index in [2.05, 4.69) is 0 Å². The lowest BCUT2D eigenvalue weighted by atomic mass is 10.3. The van der Waals surface area contributed by atoms with Crippen LogP contribution in [0.4, 0.5) is 5.69 Å². The van der Waals surface area contributed by atoms with Gasteiger partial charge in [0.1, 0.15) is 11.8 Å². The maximum absolute atomic E-state index is 11.9. The molecule has 1 aliphatic heterocycles. The number of nitro groups is 1. The summed E-state index contributed by atoms with van der Waals surface area (Å²) in [6.07, 6.45) is 0. The van der Waals surface area contributed by atoms with Crippen LogP contribution in [0.2, 0.25) is 0 Å². The predicted octanol–water partition coefficient (Wildman–Crippen LogP) is 0.960. The molecule has 2 rings (SSSR count). The van der Waals surface area contributed by atoms with Crippen molar-refractivity contribution in [3.8, 4) is 5.75 Å². The Morgan fingerprint density at radius 1 is 1.52 bits per heavy atom. The lowest BCUT2D eigenvalue weighted by molar-refractivity contribution is -0.384. The molecule has 1 atom stereocenters. The highest BCUT2D eigenvalue weighted by atomic mass is 32.2. The number of nitrogens with zero attached hydrogens (tertiary/aromatic N) is 2. The Hall–Kier alpha value is -2.29. The normalized spacial score (nSPS) is 17.5. The molecule has 112 valence electrons. The second kappa shape index (κ2) is 6.44. The molecule has 0 radical (unpaired) electrons. The van der Waals surface area contributed by atoms with Gasteiger partial charge in [0.25, 0.3) is 11.6 Å². The topological polar surface area (TPSA) is 110 Å². The first-order chi connectivity index (χ1) is 9.99. The number of aliphatic carboxylic acids is 1. The highest BCUT2D eigenvalue weighted by Gasteiger charge is 2.34. The van der Waals surface area contributed by atoms with Gasteiger partial charge in [-0.3, -0.25) is 14.9 Å². The number of carboxylic acids is 1. The fourth-order valence-electron chi connectivity index (χ4n) is 1.81. The van der Waals surface area contributed by atoms with Crippen LogP contribution in [0.1, 0.15) is 0 Å². The molecule has 0 unspecified atom stereocenters. The van der Waals surface area contributed by atoms with E-state index in [9.17, 15) is 19.7 Å². The number of benzene rings is 1. The van der Waals surface area contributed by atoms with Gasteiger partial charge < -0.3 is 14.7 Å². The third-order valence-electron chi connectivity index (χ3n) is 2.88. The van der Waals surface area contributed by atoms with Gasteiger partial charge in [0.05, 0.1) is 16.9 Å². The first-order valence-electron chi connectivity index (χ1n) is 5.96. The molecule has 8 nitrogen and oxygen atoms in total. The zero-order valence-corrected chi connectivity index (χ0v) is 11.6. The van der Waals surface area contributed by atoms with Crippen molar-refractivity contribution in [2.24, 2.45) is 0 Å². The zero-order valence-electron chi connectivity index (χ0n) is 10.8. The largest absolute Gasteiger partial charge is 0.484 e. The first-order valence-corrected chi connectivity index (χ1v) is 7.12. The van der Waals surface area contributed by atoms with Gasteiger partial charge in [0.15, 0.2) is 6.61 Å². The van der Waals surface area contributed by atoms with Crippen LogP contribution >= 0.6 is 11.8 Å². The van der Waals surface area contributed by atoms with E-state index in [4.69, 9.17) is 9.84 Å². The lowest BCUT2D eigenvalue weighted by Crippen LogP contribution is -2.43. The van der Waals surface area contributed by atoms with Crippen LogP contribution in [-0.4, -0.2) is 51.1 Å². The van der Waals surface area contributed by atoms with E-state index < -0.39 is 22.8 Å². The van der Waals surface area contributed by atoms with Crippen LogP contribution in [0.15, 0.2) is 24.3 Å².